The van der Waals surface area contributed by atoms with Crippen LogP contribution in [0.1, 0.15) is 22.7 Å². The number of alkyl halides is 3. The van der Waals surface area contributed by atoms with Gasteiger partial charge in [0.25, 0.3) is 0 Å². The van der Waals surface area contributed by atoms with Crippen LogP contribution in [0.2, 0.25) is 0 Å². The number of rotatable bonds is 6. The van der Waals surface area contributed by atoms with Crippen molar-refractivity contribution in [3.63, 3.8) is 0 Å². The zero-order chi connectivity index (χ0) is 22.9. The number of carbonyl (C=O) groups is 1. The van der Waals surface area contributed by atoms with Crippen LogP contribution in [0.15, 0.2) is 59.0 Å². The van der Waals surface area contributed by atoms with Gasteiger partial charge in [0.2, 0.25) is 5.89 Å². The van der Waals surface area contributed by atoms with E-state index >= 15 is 0 Å². The van der Waals surface area contributed by atoms with Crippen molar-refractivity contribution in [2.75, 3.05) is 0 Å². The lowest BCUT2D eigenvalue weighted by atomic mass is 10.1. The average Bonchev–Trinajstić information content (AvgIpc) is 3.12. The molecule has 4 rings (SSSR count). The first kappa shape index (κ1) is 21.4. The number of aryl methyl sites for hydroxylation is 1. The van der Waals surface area contributed by atoms with E-state index in [2.05, 4.69) is 9.97 Å². The molecule has 4 aromatic rings. The third kappa shape index (κ3) is 4.56. The highest BCUT2D eigenvalue weighted by atomic mass is 19.4. The summed E-state index contributed by atoms with van der Waals surface area (Å²) in [7, 11) is 0. The summed E-state index contributed by atoms with van der Waals surface area (Å²) < 4.78 is 49.9. The molecule has 164 valence electrons. The first-order chi connectivity index (χ1) is 15.2. The molecular formula is C23H17F3N2O4. The maximum atomic E-state index is 12.8. The number of para-hydroxylation sites is 1. The zero-order valence-electron chi connectivity index (χ0n) is 16.8. The fourth-order valence-electron chi connectivity index (χ4n) is 3.16. The minimum absolute atomic E-state index is 0.0173. The minimum Gasteiger partial charge on any atom is -0.483 e. The number of nitrogens with zero attached hydrogens (tertiary/aromatic N) is 2. The molecule has 0 amide bonds. The lowest BCUT2D eigenvalue weighted by Crippen LogP contribution is -2.03. The monoisotopic (exact) mass is 442 g/mol. The predicted octanol–water partition coefficient (Wildman–Crippen LogP) is 5.42. The van der Waals surface area contributed by atoms with Gasteiger partial charge in [-0.15, -0.1) is 0 Å². The van der Waals surface area contributed by atoms with Crippen molar-refractivity contribution < 1.29 is 32.2 Å². The summed E-state index contributed by atoms with van der Waals surface area (Å²) in [5.41, 5.74) is 1.13. The van der Waals surface area contributed by atoms with E-state index in [9.17, 15) is 18.0 Å². The lowest BCUT2D eigenvalue weighted by Gasteiger charge is -2.09. The molecule has 0 aliphatic rings. The summed E-state index contributed by atoms with van der Waals surface area (Å²) in [6.45, 7) is 1.73. The van der Waals surface area contributed by atoms with Crippen molar-refractivity contribution in [1.29, 1.82) is 0 Å². The van der Waals surface area contributed by atoms with Crippen LogP contribution in [0.25, 0.3) is 22.4 Å². The quantitative estimate of drug-likeness (QED) is 0.429. The molecule has 2 aromatic heterocycles. The molecule has 1 N–H and O–H groups in total. The number of oxazole rings is 1. The van der Waals surface area contributed by atoms with E-state index < -0.39 is 17.7 Å². The molecule has 0 radical (unpaired) electrons. The first-order valence-electron chi connectivity index (χ1n) is 9.58. The summed E-state index contributed by atoms with van der Waals surface area (Å²) in [5.74, 6) is 0.0677. The van der Waals surface area contributed by atoms with Crippen molar-refractivity contribution in [1.82, 2.24) is 9.97 Å². The summed E-state index contributed by atoms with van der Waals surface area (Å²) in [6.07, 6.45) is -4.62. The first-order valence-corrected chi connectivity index (χ1v) is 9.58. The Labute approximate surface area is 180 Å². The highest BCUT2D eigenvalue weighted by Crippen LogP contribution is 2.31. The van der Waals surface area contributed by atoms with Gasteiger partial charge >= 0.3 is 12.1 Å². The van der Waals surface area contributed by atoms with Gasteiger partial charge in [0.15, 0.2) is 5.76 Å². The number of hydrogen-bond acceptors (Lipinski definition) is 5. The third-order valence-corrected chi connectivity index (χ3v) is 4.78. The number of hydrogen-bond donors (Lipinski definition) is 1. The summed E-state index contributed by atoms with van der Waals surface area (Å²) in [4.78, 5) is 19.7. The van der Waals surface area contributed by atoms with Gasteiger partial charge in [-0.25, -0.2) is 9.97 Å². The van der Waals surface area contributed by atoms with Gasteiger partial charge in [0, 0.05) is 10.9 Å². The van der Waals surface area contributed by atoms with Crippen molar-refractivity contribution in [2.45, 2.75) is 26.1 Å². The third-order valence-electron chi connectivity index (χ3n) is 4.78. The second-order valence-corrected chi connectivity index (χ2v) is 7.09. The standard InChI is InChI=1S/C23H17F3N2O4/c1-13-19(32-22(27-13)15-5-8-16(9-6-15)23(24,25)26)12-31-18-4-2-3-14-7-10-17(11-20(29)30)28-21(14)18/h2-10H,11-12H2,1H3,(H,29,30). The Morgan fingerprint density at radius 3 is 2.50 bits per heavy atom. The molecule has 0 fully saturated rings. The van der Waals surface area contributed by atoms with E-state index in [0.717, 1.165) is 17.5 Å². The molecule has 0 saturated carbocycles. The van der Waals surface area contributed by atoms with Gasteiger partial charge in [-0.1, -0.05) is 18.2 Å². The molecule has 0 saturated heterocycles. The van der Waals surface area contributed by atoms with Gasteiger partial charge in [0.1, 0.15) is 17.9 Å². The van der Waals surface area contributed by atoms with Crippen molar-refractivity contribution in [3.05, 3.63) is 77.3 Å². The van der Waals surface area contributed by atoms with E-state index in [1.807, 2.05) is 6.07 Å². The SMILES string of the molecule is Cc1nc(-c2ccc(C(F)(F)F)cc2)oc1COc1cccc2ccc(CC(=O)O)nc12. The Balaban J connectivity index is 1.55. The van der Waals surface area contributed by atoms with Crippen molar-refractivity contribution in [2.24, 2.45) is 0 Å². The molecule has 6 nitrogen and oxygen atoms in total. The molecule has 2 heterocycles. The Bertz CT molecular complexity index is 1280. The number of carboxylic acids is 1. The Hall–Kier alpha value is -3.88. The topological polar surface area (TPSA) is 85.5 Å². The normalized spacial score (nSPS) is 11.6. The van der Waals surface area contributed by atoms with E-state index in [1.165, 1.54) is 12.1 Å². The molecule has 0 aliphatic carbocycles. The second kappa shape index (κ2) is 8.33. The van der Waals surface area contributed by atoms with Crippen LogP contribution >= 0.6 is 0 Å². The van der Waals surface area contributed by atoms with Gasteiger partial charge in [-0.3, -0.25) is 4.79 Å². The van der Waals surface area contributed by atoms with E-state index in [4.69, 9.17) is 14.3 Å². The van der Waals surface area contributed by atoms with Crippen LogP contribution in [0.5, 0.6) is 5.75 Å². The molecule has 32 heavy (non-hydrogen) atoms. The Morgan fingerprint density at radius 2 is 1.81 bits per heavy atom. The van der Waals surface area contributed by atoms with Crippen LogP contribution in [0.4, 0.5) is 13.2 Å². The van der Waals surface area contributed by atoms with Gasteiger partial charge in [-0.05, 0) is 43.3 Å². The van der Waals surface area contributed by atoms with Crippen LogP contribution in [-0.4, -0.2) is 21.0 Å². The maximum Gasteiger partial charge on any atom is 0.416 e. The van der Waals surface area contributed by atoms with Gasteiger partial charge < -0.3 is 14.3 Å². The fraction of sp³-hybridized carbons (Fsp3) is 0.174. The smallest absolute Gasteiger partial charge is 0.416 e. The Morgan fingerprint density at radius 1 is 1.06 bits per heavy atom. The van der Waals surface area contributed by atoms with E-state index in [1.54, 1.807) is 31.2 Å². The van der Waals surface area contributed by atoms with Crippen molar-refractivity contribution >= 4 is 16.9 Å². The number of pyridine rings is 1. The molecule has 2 aromatic carbocycles. The Kier molecular flexibility index (Phi) is 5.56. The maximum absolute atomic E-state index is 12.8. The molecule has 0 aliphatic heterocycles. The van der Waals surface area contributed by atoms with Gasteiger partial charge in [-0.2, -0.15) is 13.2 Å². The number of aliphatic carboxylic acids is 1. The van der Waals surface area contributed by atoms with E-state index in [-0.39, 0.29) is 18.9 Å². The lowest BCUT2D eigenvalue weighted by molar-refractivity contribution is -0.138. The number of aromatic nitrogens is 2. The predicted molar refractivity (Wildman–Crippen MR) is 109 cm³/mol. The minimum atomic E-state index is -4.42. The van der Waals surface area contributed by atoms with Crippen LogP contribution in [0, 0.1) is 6.92 Å². The molecule has 0 unspecified atom stereocenters. The summed E-state index contributed by atoms with van der Waals surface area (Å²) in [6, 6.07) is 13.3. The summed E-state index contributed by atoms with van der Waals surface area (Å²) in [5, 5.41) is 9.78. The highest BCUT2D eigenvalue weighted by molar-refractivity contribution is 5.85. The van der Waals surface area contributed by atoms with E-state index in [0.29, 0.717) is 34.0 Å². The second-order valence-electron chi connectivity index (χ2n) is 7.09. The molecule has 0 bridgehead atoms. The largest absolute Gasteiger partial charge is 0.483 e. The number of benzene rings is 2. The number of fused-ring (bicyclic) bond motifs is 1. The van der Waals surface area contributed by atoms with Crippen LogP contribution < -0.4 is 4.74 Å². The molecule has 0 spiro atoms. The average molecular weight is 442 g/mol. The fourth-order valence-corrected chi connectivity index (χ4v) is 3.16. The van der Waals surface area contributed by atoms with Gasteiger partial charge in [0.05, 0.1) is 23.4 Å². The van der Waals surface area contributed by atoms with Crippen LogP contribution in [0.3, 0.4) is 0 Å². The van der Waals surface area contributed by atoms with Crippen molar-refractivity contribution in [3.8, 4) is 17.2 Å². The zero-order valence-corrected chi connectivity index (χ0v) is 16.8. The summed E-state index contributed by atoms with van der Waals surface area (Å²) >= 11 is 0. The highest BCUT2D eigenvalue weighted by Gasteiger charge is 2.30. The molecule has 9 heteroatoms. The number of carboxylic acid groups (broad SMARTS) is 1. The number of halogens is 3. The number of ether oxygens (including phenoxy) is 1. The van der Waals surface area contributed by atoms with Crippen LogP contribution in [-0.2, 0) is 24.0 Å². The molecular weight excluding hydrogens is 425 g/mol. The molecule has 0 atom stereocenters.